The van der Waals surface area contributed by atoms with Gasteiger partial charge < -0.3 is 14.8 Å². The van der Waals surface area contributed by atoms with Crippen LogP contribution in [0, 0.1) is 0 Å². The molecular weight excluding hydrogens is 404 g/mol. The van der Waals surface area contributed by atoms with Crippen molar-refractivity contribution in [2.75, 3.05) is 32.1 Å². The third-order valence-corrected chi connectivity index (χ3v) is 6.86. The van der Waals surface area contributed by atoms with Crippen molar-refractivity contribution in [2.24, 2.45) is 0 Å². The molecule has 7 nitrogen and oxygen atoms in total. The Morgan fingerprint density at radius 1 is 1.07 bits per heavy atom. The van der Waals surface area contributed by atoms with E-state index in [2.05, 4.69) is 5.32 Å². The second-order valence-electron chi connectivity index (χ2n) is 7.15. The lowest BCUT2D eigenvalue weighted by Gasteiger charge is -2.26. The number of methoxy groups -OCH3 is 1. The molecule has 0 aliphatic carbocycles. The van der Waals surface area contributed by atoms with Crippen molar-refractivity contribution >= 4 is 21.6 Å². The molecule has 8 heteroatoms. The normalized spacial score (nSPS) is 14.9. The first-order valence-corrected chi connectivity index (χ1v) is 11.6. The summed E-state index contributed by atoms with van der Waals surface area (Å²) in [5.74, 6) is 0.729. The Bertz CT molecular complexity index is 968. The van der Waals surface area contributed by atoms with E-state index in [0.29, 0.717) is 42.4 Å². The molecule has 2 aromatic carbocycles. The lowest BCUT2D eigenvalue weighted by molar-refractivity contribution is 0.102. The SMILES string of the molecule is CCCOc1ccc(C(=O)Nc2cc(S(=O)(=O)N3CCCCC3)ccc2OC)cc1. The molecule has 1 saturated heterocycles. The molecule has 1 aliphatic heterocycles. The van der Waals surface area contributed by atoms with Gasteiger partial charge in [0.25, 0.3) is 5.91 Å². The lowest BCUT2D eigenvalue weighted by atomic mass is 10.2. The minimum atomic E-state index is -3.61. The standard InChI is InChI=1S/C22H28N2O5S/c1-3-15-29-18-9-7-17(8-10-18)22(25)23-20-16-19(11-12-21(20)28-2)30(26,27)24-13-5-4-6-14-24/h7-12,16H,3-6,13-15H2,1-2H3,(H,23,25). The van der Waals surface area contributed by atoms with Crippen LogP contribution in [0.1, 0.15) is 43.0 Å². The number of rotatable bonds is 8. The highest BCUT2D eigenvalue weighted by Gasteiger charge is 2.27. The summed E-state index contributed by atoms with van der Waals surface area (Å²) in [6.45, 7) is 3.67. The molecule has 1 amide bonds. The fourth-order valence-electron chi connectivity index (χ4n) is 3.32. The number of nitrogens with one attached hydrogen (secondary N) is 1. The van der Waals surface area contributed by atoms with Crippen molar-refractivity contribution in [1.82, 2.24) is 4.31 Å². The van der Waals surface area contributed by atoms with Gasteiger partial charge in [0.15, 0.2) is 0 Å². The summed E-state index contributed by atoms with van der Waals surface area (Å²) in [4.78, 5) is 12.8. The van der Waals surface area contributed by atoms with Gasteiger partial charge in [-0.1, -0.05) is 13.3 Å². The number of anilines is 1. The van der Waals surface area contributed by atoms with Gasteiger partial charge in [0.05, 0.1) is 24.3 Å². The zero-order valence-electron chi connectivity index (χ0n) is 17.4. The van der Waals surface area contributed by atoms with Crippen molar-refractivity contribution in [3.05, 3.63) is 48.0 Å². The van der Waals surface area contributed by atoms with Crippen LogP contribution in [0.5, 0.6) is 11.5 Å². The maximum Gasteiger partial charge on any atom is 0.255 e. The highest BCUT2D eigenvalue weighted by Crippen LogP contribution is 2.30. The molecular formula is C22H28N2O5S. The van der Waals surface area contributed by atoms with Gasteiger partial charge in [-0.3, -0.25) is 4.79 Å². The maximum atomic E-state index is 13.0. The Morgan fingerprint density at radius 3 is 2.40 bits per heavy atom. The zero-order chi connectivity index (χ0) is 21.6. The molecule has 3 rings (SSSR count). The van der Waals surface area contributed by atoms with Gasteiger partial charge in [-0.15, -0.1) is 0 Å². The summed E-state index contributed by atoms with van der Waals surface area (Å²) in [5.41, 5.74) is 0.747. The van der Waals surface area contributed by atoms with E-state index in [4.69, 9.17) is 9.47 Å². The van der Waals surface area contributed by atoms with Gasteiger partial charge in [0.1, 0.15) is 11.5 Å². The van der Waals surface area contributed by atoms with E-state index in [9.17, 15) is 13.2 Å². The van der Waals surface area contributed by atoms with Crippen molar-refractivity contribution < 1.29 is 22.7 Å². The summed E-state index contributed by atoms with van der Waals surface area (Å²) in [6, 6.07) is 11.3. The highest BCUT2D eigenvalue weighted by molar-refractivity contribution is 7.89. The molecule has 162 valence electrons. The van der Waals surface area contributed by atoms with Crippen LogP contribution in [0.15, 0.2) is 47.4 Å². The molecule has 0 bridgehead atoms. The fourth-order valence-corrected chi connectivity index (χ4v) is 4.86. The number of carbonyl (C=O) groups is 1. The number of nitrogens with zero attached hydrogens (tertiary/aromatic N) is 1. The Morgan fingerprint density at radius 2 is 1.77 bits per heavy atom. The first-order valence-electron chi connectivity index (χ1n) is 10.2. The van der Waals surface area contributed by atoms with Crippen molar-refractivity contribution in [2.45, 2.75) is 37.5 Å². The van der Waals surface area contributed by atoms with Crippen LogP contribution in [0.3, 0.4) is 0 Å². The molecule has 0 spiro atoms. The number of benzene rings is 2. The molecule has 0 unspecified atom stereocenters. The van der Waals surface area contributed by atoms with E-state index in [1.807, 2.05) is 6.92 Å². The van der Waals surface area contributed by atoms with E-state index in [1.54, 1.807) is 30.3 Å². The molecule has 1 heterocycles. The molecule has 1 fully saturated rings. The highest BCUT2D eigenvalue weighted by atomic mass is 32.2. The monoisotopic (exact) mass is 432 g/mol. The first kappa shape index (κ1) is 22.1. The molecule has 0 saturated carbocycles. The third kappa shape index (κ3) is 5.12. The van der Waals surface area contributed by atoms with Gasteiger partial charge in [0, 0.05) is 18.7 Å². The average Bonchev–Trinajstić information content (AvgIpc) is 2.78. The van der Waals surface area contributed by atoms with E-state index in [0.717, 1.165) is 25.7 Å². The van der Waals surface area contributed by atoms with Gasteiger partial charge in [-0.2, -0.15) is 4.31 Å². The summed E-state index contributed by atoms with van der Waals surface area (Å²) in [7, 11) is -2.14. The maximum absolute atomic E-state index is 13.0. The number of amides is 1. The van der Waals surface area contributed by atoms with Crippen LogP contribution in [-0.4, -0.2) is 45.4 Å². The Kier molecular flexibility index (Phi) is 7.33. The molecule has 1 aliphatic rings. The lowest BCUT2D eigenvalue weighted by Crippen LogP contribution is -2.35. The second kappa shape index (κ2) is 9.95. The predicted octanol–water partition coefficient (Wildman–Crippen LogP) is 3.91. The largest absolute Gasteiger partial charge is 0.495 e. The van der Waals surface area contributed by atoms with E-state index in [1.165, 1.54) is 23.5 Å². The number of piperidine rings is 1. The number of sulfonamides is 1. The Hall–Kier alpha value is -2.58. The van der Waals surface area contributed by atoms with E-state index in [-0.39, 0.29) is 10.8 Å². The van der Waals surface area contributed by atoms with Crippen LogP contribution in [0.4, 0.5) is 5.69 Å². The second-order valence-corrected chi connectivity index (χ2v) is 9.09. The summed E-state index contributed by atoms with van der Waals surface area (Å²) in [5, 5.41) is 2.77. The summed E-state index contributed by atoms with van der Waals surface area (Å²) < 4.78 is 38.3. The van der Waals surface area contributed by atoms with Gasteiger partial charge in [-0.25, -0.2) is 8.42 Å². The average molecular weight is 433 g/mol. The van der Waals surface area contributed by atoms with Crippen molar-refractivity contribution in [1.29, 1.82) is 0 Å². The predicted molar refractivity (Wildman–Crippen MR) is 116 cm³/mol. The van der Waals surface area contributed by atoms with Gasteiger partial charge in [0.2, 0.25) is 10.0 Å². The van der Waals surface area contributed by atoms with Crippen LogP contribution in [0.25, 0.3) is 0 Å². The van der Waals surface area contributed by atoms with Crippen molar-refractivity contribution in [3.63, 3.8) is 0 Å². The number of ether oxygens (including phenoxy) is 2. The molecule has 1 N–H and O–H groups in total. The smallest absolute Gasteiger partial charge is 0.255 e. The zero-order valence-corrected chi connectivity index (χ0v) is 18.2. The molecule has 0 aromatic heterocycles. The van der Waals surface area contributed by atoms with Crippen LogP contribution < -0.4 is 14.8 Å². The molecule has 2 aromatic rings. The quantitative estimate of drug-likeness (QED) is 0.684. The Labute approximate surface area is 178 Å². The van der Waals surface area contributed by atoms with Crippen LogP contribution >= 0.6 is 0 Å². The number of carbonyl (C=O) groups excluding carboxylic acids is 1. The summed E-state index contributed by atoms with van der Waals surface area (Å²) >= 11 is 0. The van der Waals surface area contributed by atoms with Crippen LogP contribution in [-0.2, 0) is 10.0 Å². The van der Waals surface area contributed by atoms with Crippen LogP contribution in [0.2, 0.25) is 0 Å². The number of hydrogen-bond acceptors (Lipinski definition) is 5. The Balaban J connectivity index is 1.80. The number of hydrogen-bond donors (Lipinski definition) is 1. The fraction of sp³-hybridized carbons (Fsp3) is 0.409. The first-order chi connectivity index (χ1) is 14.5. The minimum Gasteiger partial charge on any atom is -0.495 e. The molecule has 0 atom stereocenters. The van der Waals surface area contributed by atoms with Gasteiger partial charge >= 0.3 is 0 Å². The third-order valence-electron chi connectivity index (χ3n) is 4.96. The molecule has 30 heavy (non-hydrogen) atoms. The summed E-state index contributed by atoms with van der Waals surface area (Å²) in [6.07, 6.45) is 3.66. The molecule has 0 radical (unpaired) electrons. The van der Waals surface area contributed by atoms with E-state index >= 15 is 0 Å². The minimum absolute atomic E-state index is 0.142. The van der Waals surface area contributed by atoms with Gasteiger partial charge in [-0.05, 0) is 61.7 Å². The van der Waals surface area contributed by atoms with E-state index < -0.39 is 10.0 Å². The van der Waals surface area contributed by atoms with Crippen molar-refractivity contribution in [3.8, 4) is 11.5 Å². The topological polar surface area (TPSA) is 84.9 Å².